The fourth-order valence-electron chi connectivity index (χ4n) is 2.91. The predicted octanol–water partition coefficient (Wildman–Crippen LogP) is 3.53. The van der Waals surface area contributed by atoms with Gasteiger partial charge in [-0.3, -0.25) is 4.90 Å². The summed E-state index contributed by atoms with van der Waals surface area (Å²) < 4.78 is 0. The molecular weight excluding hydrogens is 266 g/mol. The zero-order valence-electron chi connectivity index (χ0n) is 12.2. The Morgan fingerprint density at radius 1 is 1.35 bits per heavy atom. The molecule has 1 fully saturated rings. The van der Waals surface area contributed by atoms with E-state index in [2.05, 4.69) is 39.3 Å². The van der Waals surface area contributed by atoms with Gasteiger partial charge in [0, 0.05) is 35.8 Å². The molecule has 0 aromatic carbocycles. The largest absolute Gasteiger partial charge is 0.298 e. The van der Waals surface area contributed by atoms with E-state index >= 15 is 0 Å². The van der Waals surface area contributed by atoms with Crippen molar-refractivity contribution in [2.45, 2.75) is 39.2 Å². The van der Waals surface area contributed by atoms with Crippen LogP contribution in [-0.4, -0.2) is 28.0 Å². The Kier molecular flexibility index (Phi) is 4.13. The first-order valence-corrected chi connectivity index (χ1v) is 8.15. The molecule has 3 rings (SSSR count). The van der Waals surface area contributed by atoms with Crippen LogP contribution in [0.3, 0.4) is 0 Å². The Morgan fingerprint density at radius 3 is 3.00 bits per heavy atom. The van der Waals surface area contributed by atoms with Crippen molar-refractivity contribution in [3.05, 3.63) is 45.7 Å². The van der Waals surface area contributed by atoms with Crippen molar-refractivity contribution in [2.24, 2.45) is 0 Å². The summed E-state index contributed by atoms with van der Waals surface area (Å²) in [5, 5.41) is 2.19. The van der Waals surface area contributed by atoms with E-state index in [9.17, 15) is 0 Å². The molecule has 1 saturated heterocycles. The van der Waals surface area contributed by atoms with Crippen LogP contribution in [0, 0.1) is 13.8 Å². The average molecular weight is 287 g/mol. The minimum atomic E-state index is 0.561. The van der Waals surface area contributed by atoms with E-state index in [0.717, 1.165) is 18.9 Å². The number of rotatable bonds is 3. The Labute approximate surface area is 124 Å². The first-order chi connectivity index (χ1) is 9.72. The molecule has 1 atom stereocenters. The topological polar surface area (TPSA) is 29.0 Å². The quantitative estimate of drug-likeness (QED) is 0.864. The van der Waals surface area contributed by atoms with E-state index in [-0.39, 0.29) is 0 Å². The third-order valence-electron chi connectivity index (χ3n) is 4.06. The lowest BCUT2D eigenvalue weighted by atomic mass is 9.94. The molecule has 2 aromatic heterocycles. The Morgan fingerprint density at radius 2 is 2.25 bits per heavy atom. The van der Waals surface area contributed by atoms with Crippen molar-refractivity contribution in [3.8, 4) is 0 Å². The van der Waals surface area contributed by atoms with Gasteiger partial charge in [-0.2, -0.15) is 0 Å². The molecule has 3 heterocycles. The van der Waals surface area contributed by atoms with Gasteiger partial charge >= 0.3 is 0 Å². The second kappa shape index (κ2) is 6.02. The van der Waals surface area contributed by atoms with Gasteiger partial charge in [0.1, 0.15) is 5.82 Å². The summed E-state index contributed by atoms with van der Waals surface area (Å²) in [5.74, 6) is 1.44. The Bertz CT molecular complexity index is 579. The van der Waals surface area contributed by atoms with Gasteiger partial charge in [0.05, 0.1) is 0 Å². The lowest BCUT2D eigenvalue weighted by Gasteiger charge is -2.32. The number of thiophene rings is 1. The SMILES string of the molecule is Cc1nccc([C@@H]2CCCN(Cc3sccc3C)C2)n1. The van der Waals surface area contributed by atoms with E-state index in [0.29, 0.717) is 5.92 Å². The second-order valence-corrected chi connectivity index (χ2v) is 6.63. The molecule has 106 valence electrons. The summed E-state index contributed by atoms with van der Waals surface area (Å²) in [6.45, 7) is 7.59. The van der Waals surface area contributed by atoms with Crippen molar-refractivity contribution >= 4 is 11.3 Å². The third kappa shape index (κ3) is 3.07. The fraction of sp³-hybridized carbons (Fsp3) is 0.500. The van der Waals surface area contributed by atoms with E-state index in [1.807, 2.05) is 24.5 Å². The molecule has 3 nitrogen and oxygen atoms in total. The van der Waals surface area contributed by atoms with Crippen molar-refractivity contribution in [2.75, 3.05) is 13.1 Å². The molecule has 0 spiro atoms. The van der Waals surface area contributed by atoms with Crippen molar-refractivity contribution in [3.63, 3.8) is 0 Å². The fourth-order valence-corrected chi connectivity index (χ4v) is 3.86. The summed E-state index contributed by atoms with van der Waals surface area (Å²) in [4.78, 5) is 12.9. The molecule has 0 bridgehead atoms. The van der Waals surface area contributed by atoms with E-state index in [1.54, 1.807) is 0 Å². The highest BCUT2D eigenvalue weighted by atomic mass is 32.1. The zero-order valence-corrected chi connectivity index (χ0v) is 13.0. The summed E-state index contributed by atoms with van der Waals surface area (Å²) in [7, 11) is 0. The number of aromatic nitrogens is 2. The van der Waals surface area contributed by atoms with Crippen LogP contribution in [0.25, 0.3) is 0 Å². The number of aryl methyl sites for hydroxylation is 2. The van der Waals surface area contributed by atoms with Crippen LogP contribution >= 0.6 is 11.3 Å². The van der Waals surface area contributed by atoms with Crippen LogP contribution in [-0.2, 0) is 6.54 Å². The predicted molar refractivity (Wildman–Crippen MR) is 83.1 cm³/mol. The van der Waals surface area contributed by atoms with Gasteiger partial charge in [0.25, 0.3) is 0 Å². The van der Waals surface area contributed by atoms with Gasteiger partial charge in [-0.05, 0) is 56.3 Å². The highest BCUT2D eigenvalue weighted by Gasteiger charge is 2.23. The van der Waals surface area contributed by atoms with Gasteiger partial charge in [-0.25, -0.2) is 9.97 Å². The third-order valence-corrected chi connectivity index (χ3v) is 5.06. The molecule has 1 aliphatic rings. The Hall–Kier alpha value is -1.26. The van der Waals surface area contributed by atoms with Crippen molar-refractivity contribution in [1.82, 2.24) is 14.9 Å². The molecule has 0 unspecified atom stereocenters. The van der Waals surface area contributed by atoms with Gasteiger partial charge in [-0.1, -0.05) is 0 Å². The molecule has 1 aliphatic heterocycles. The highest BCUT2D eigenvalue weighted by molar-refractivity contribution is 7.10. The smallest absolute Gasteiger partial charge is 0.125 e. The molecule has 20 heavy (non-hydrogen) atoms. The summed E-state index contributed by atoms with van der Waals surface area (Å²) in [6, 6.07) is 4.30. The maximum Gasteiger partial charge on any atom is 0.125 e. The number of piperidine rings is 1. The standard InChI is InChI=1S/C16H21N3S/c1-12-6-9-20-16(12)11-19-8-3-4-14(10-19)15-5-7-17-13(2)18-15/h5-7,9,14H,3-4,8,10-11H2,1-2H3/t14-/m1/s1. The number of hydrogen-bond acceptors (Lipinski definition) is 4. The monoisotopic (exact) mass is 287 g/mol. The maximum absolute atomic E-state index is 4.61. The molecular formula is C16H21N3S. The van der Waals surface area contributed by atoms with Crippen LogP contribution in [0.1, 0.15) is 40.7 Å². The Balaban J connectivity index is 1.69. The molecule has 0 radical (unpaired) electrons. The van der Waals surface area contributed by atoms with Gasteiger partial charge in [0.15, 0.2) is 0 Å². The summed E-state index contributed by atoms with van der Waals surface area (Å²) in [6.07, 6.45) is 4.40. The first kappa shape index (κ1) is 13.7. The lowest BCUT2D eigenvalue weighted by Crippen LogP contribution is -2.34. The minimum absolute atomic E-state index is 0.561. The van der Waals surface area contributed by atoms with Crippen LogP contribution in [0.4, 0.5) is 0 Å². The maximum atomic E-state index is 4.61. The average Bonchev–Trinajstić information content (AvgIpc) is 2.85. The van der Waals surface area contributed by atoms with Gasteiger partial charge in [-0.15, -0.1) is 11.3 Å². The van der Waals surface area contributed by atoms with E-state index < -0.39 is 0 Å². The van der Waals surface area contributed by atoms with Crippen LogP contribution in [0.15, 0.2) is 23.7 Å². The van der Waals surface area contributed by atoms with E-state index in [1.165, 1.54) is 35.5 Å². The van der Waals surface area contributed by atoms with Gasteiger partial charge in [0.2, 0.25) is 0 Å². The van der Waals surface area contributed by atoms with Crippen LogP contribution in [0.5, 0.6) is 0 Å². The van der Waals surface area contributed by atoms with Crippen molar-refractivity contribution < 1.29 is 0 Å². The van der Waals surface area contributed by atoms with Gasteiger partial charge < -0.3 is 0 Å². The zero-order chi connectivity index (χ0) is 13.9. The molecule has 4 heteroatoms. The molecule has 0 saturated carbocycles. The second-order valence-electron chi connectivity index (χ2n) is 5.63. The summed E-state index contributed by atoms with van der Waals surface area (Å²) >= 11 is 1.88. The highest BCUT2D eigenvalue weighted by Crippen LogP contribution is 2.27. The van der Waals surface area contributed by atoms with Crippen molar-refractivity contribution in [1.29, 1.82) is 0 Å². The molecule has 2 aromatic rings. The lowest BCUT2D eigenvalue weighted by molar-refractivity contribution is 0.199. The van der Waals surface area contributed by atoms with E-state index in [4.69, 9.17) is 0 Å². The molecule has 0 amide bonds. The normalized spacial score (nSPS) is 20.2. The molecule has 0 aliphatic carbocycles. The number of nitrogens with zero attached hydrogens (tertiary/aromatic N) is 3. The minimum Gasteiger partial charge on any atom is -0.298 e. The van der Waals surface area contributed by atoms with Crippen LogP contribution < -0.4 is 0 Å². The number of likely N-dealkylation sites (tertiary alicyclic amines) is 1. The number of hydrogen-bond donors (Lipinski definition) is 0. The summed E-state index contributed by atoms with van der Waals surface area (Å²) in [5.41, 5.74) is 2.64. The first-order valence-electron chi connectivity index (χ1n) is 7.27. The molecule has 0 N–H and O–H groups in total. The van der Waals surface area contributed by atoms with Crippen LogP contribution in [0.2, 0.25) is 0 Å².